The Morgan fingerprint density at radius 2 is 0.534 bits per heavy atom. The van der Waals surface area contributed by atoms with Gasteiger partial charge < -0.3 is 14.2 Å². The van der Waals surface area contributed by atoms with Gasteiger partial charge in [0.05, 0.1) is 0 Å². The molecule has 73 heavy (non-hydrogen) atoms. The number of esters is 3. The molecule has 0 aromatic carbocycles. The third-order valence-electron chi connectivity index (χ3n) is 13.4. The van der Waals surface area contributed by atoms with E-state index in [1.807, 2.05) is 0 Å². The molecule has 6 nitrogen and oxygen atoms in total. The van der Waals surface area contributed by atoms with Gasteiger partial charge in [-0.25, -0.2) is 0 Å². The zero-order valence-electron chi connectivity index (χ0n) is 48.1. The van der Waals surface area contributed by atoms with Crippen LogP contribution in [-0.4, -0.2) is 37.2 Å². The number of hydrogen-bond donors (Lipinski definition) is 0. The molecule has 0 aromatic rings. The van der Waals surface area contributed by atoms with Gasteiger partial charge in [0.2, 0.25) is 0 Å². The van der Waals surface area contributed by atoms with E-state index in [2.05, 4.69) is 106 Å². The summed E-state index contributed by atoms with van der Waals surface area (Å²) in [6.45, 7) is 6.51. The first-order chi connectivity index (χ1) is 36.0. The maximum atomic E-state index is 12.9. The Labute approximate surface area is 452 Å². The van der Waals surface area contributed by atoms with E-state index >= 15 is 0 Å². The van der Waals surface area contributed by atoms with Crippen LogP contribution < -0.4 is 0 Å². The topological polar surface area (TPSA) is 78.9 Å². The molecule has 0 saturated carbocycles. The van der Waals surface area contributed by atoms with Crippen LogP contribution in [0.25, 0.3) is 0 Å². The average molecular weight is 1020 g/mol. The van der Waals surface area contributed by atoms with E-state index in [1.54, 1.807) is 0 Å². The van der Waals surface area contributed by atoms with Gasteiger partial charge in [0.25, 0.3) is 0 Å². The maximum Gasteiger partial charge on any atom is 0.306 e. The second-order valence-electron chi connectivity index (χ2n) is 20.6. The summed E-state index contributed by atoms with van der Waals surface area (Å²) in [6.07, 6.45) is 80.1. The van der Waals surface area contributed by atoms with E-state index in [4.69, 9.17) is 14.2 Å². The normalized spacial score (nSPS) is 12.6. The quantitative estimate of drug-likeness (QED) is 0.0261. The third kappa shape index (κ3) is 59.3. The number of hydrogen-bond acceptors (Lipinski definition) is 6. The van der Waals surface area contributed by atoms with E-state index in [1.165, 1.54) is 148 Å². The highest BCUT2D eigenvalue weighted by atomic mass is 16.6. The smallest absolute Gasteiger partial charge is 0.306 e. The lowest BCUT2D eigenvalue weighted by atomic mass is 10.0. The summed E-state index contributed by atoms with van der Waals surface area (Å²) in [5.41, 5.74) is 0. The van der Waals surface area contributed by atoms with Gasteiger partial charge in [-0.1, -0.05) is 273 Å². The van der Waals surface area contributed by atoms with Crippen molar-refractivity contribution in [2.45, 2.75) is 309 Å². The molecule has 0 N–H and O–H groups in total. The van der Waals surface area contributed by atoms with Gasteiger partial charge in [0.1, 0.15) is 13.2 Å². The molecule has 0 heterocycles. The fourth-order valence-electron chi connectivity index (χ4n) is 8.74. The largest absolute Gasteiger partial charge is 0.462 e. The third-order valence-corrected chi connectivity index (χ3v) is 13.4. The lowest BCUT2D eigenvalue weighted by Gasteiger charge is -2.18. The average Bonchev–Trinajstić information content (AvgIpc) is 3.39. The van der Waals surface area contributed by atoms with Crippen molar-refractivity contribution in [3.63, 3.8) is 0 Å². The summed E-state index contributed by atoms with van der Waals surface area (Å²) in [5.74, 6) is -0.908. The van der Waals surface area contributed by atoms with Crippen LogP contribution in [0.2, 0.25) is 0 Å². The molecule has 1 atom stereocenters. The van der Waals surface area contributed by atoms with Gasteiger partial charge in [0, 0.05) is 19.3 Å². The first-order valence-electron chi connectivity index (χ1n) is 31.1. The Morgan fingerprint density at radius 3 is 0.863 bits per heavy atom. The first kappa shape index (κ1) is 69.6. The molecule has 0 aromatic heterocycles. The zero-order valence-corrected chi connectivity index (χ0v) is 48.1. The van der Waals surface area contributed by atoms with E-state index in [0.717, 1.165) is 116 Å². The minimum Gasteiger partial charge on any atom is -0.462 e. The molecule has 0 spiro atoms. The van der Waals surface area contributed by atoms with Crippen LogP contribution in [0.3, 0.4) is 0 Å². The summed E-state index contributed by atoms with van der Waals surface area (Å²) in [6, 6.07) is 0. The van der Waals surface area contributed by atoms with Crippen molar-refractivity contribution in [1.29, 1.82) is 0 Å². The van der Waals surface area contributed by atoms with Gasteiger partial charge in [-0.05, 0) is 96.3 Å². The van der Waals surface area contributed by atoms with Gasteiger partial charge in [0.15, 0.2) is 6.10 Å². The molecule has 0 aliphatic rings. The molecule has 0 fully saturated rings. The molecule has 0 saturated heterocycles. The summed E-state index contributed by atoms with van der Waals surface area (Å²) < 4.78 is 16.9. The Hall–Kier alpha value is -3.41. The van der Waals surface area contributed by atoms with Gasteiger partial charge in [-0.3, -0.25) is 14.4 Å². The number of carbonyl (C=O) groups is 3. The highest BCUT2D eigenvalue weighted by Crippen LogP contribution is 2.16. The van der Waals surface area contributed by atoms with E-state index in [-0.39, 0.29) is 31.1 Å². The van der Waals surface area contributed by atoms with Gasteiger partial charge >= 0.3 is 17.9 Å². The molecule has 0 bridgehead atoms. The van der Waals surface area contributed by atoms with E-state index in [0.29, 0.717) is 19.3 Å². The second kappa shape index (κ2) is 61.1. The predicted molar refractivity (Wildman–Crippen MR) is 316 cm³/mol. The minimum absolute atomic E-state index is 0.0869. The molecular formula is C67H116O6. The van der Waals surface area contributed by atoms with Crippen LogP contribution in [-0.2, 0) is 28.6 Å². The fourth-order valence-corrected chi connectivity index (χ4v) is 8.74. The van der Waals surface area contributed by atoms with E-state index in [9.17, 15) is 14.4 Å². The van der Waals surface area contributed by atoms with Crippen molar-refractivity contribution < 1.29 is 28.6 Å². The van der Waals surface area contributed by atoms with Crippen molar-refractivity contribution in [3.05, 3.63) is 85.1 Å². The number of carbonyl (C=O) groups excluding carboxylic acids is 3. The Kier molecular flexibility index (Phi) is 58.3. The number of ether oxygens (including phenoxy) is 3. The summed E-state index contributed by atoms with van der Waals surface area (Å²) in [5, 5.41) is 0. The van der Waals surface area contributed by atoms with Crippen LogP contribution in [0.15, 0.2) is 85.1 Å². The molecular weight excluding hydrogens is 901 g/mol. The summed E-state index contributed by atoms with van der Waals surface area (Å²) >= 11 is 0. The van der Waals surface area contributed by atoms with Crippen LogP contribution >= 0.6 is 0 Å². The van der Waals surface area contributed by atoms with Crippen LogP contribution in [0, 0.1) is 0 Å². The van der Waals surface area contributed by atoms with Crippen molar-refractivity contribution in [2.75, 3.05) is 13.2 Å². The molecule has 0 aliphatic carbocycles. The highest BCUT2D eigenvalue weighted by Gasteiger charge is 2.19. The minimum atomic E-state index is -0.790. The number of unbranched alkanes of at least 4 members (excludes halogenated alkanes) is 31. The maximum absolute atomic E-state index is 12.9. The summed E-state index contributed by atoms with van der Waals surface area (Å²) in [7, 11) is 0. The lowest BCUT2D eigenvalue weighted by molar-refractivity contribution is -0.167. The van der Waals surface area contributed by atoms with Crippen molar-refractivity contribution >= 4 is 17.9 Å². The SMILES string of the molecule is CC/C=C\C/C=C\C/C=C\C/C=C\C/C=C\C/C=C\CCCCCCC(=O)OCC(COC(=O)CCCCCCC/C=C\CCCCCC)OC(=O)CCCCCCCCCCCCCCCCCCCCC. The molecule has 0 rings (SSSR count). The molecule has 1 unspecified atom stereocenters. The molecule has 0 radical (unpaired) electrons. The number of rotatable bonds is 56. The second-order valence-corrected chi connectivity index (χ2v) is 20.6. The monoisotopic (exact) mass is 1020 g/mol. The predicted octanol–water partition coefficient (Wildman–Crippen LogP) is 21.1. The molecule has 420 valence electrons. The van der Waals surface area contributed by atoms with Crippen molar-refractivity contribution in [3.8, 4) is 0 Å². The van der Waals surface area contributed by atoms with Gasteiger partial charge in [-0.2, -0.15) is 0 Å². The number of allylic oxidation sites excluding steroid dienone is 14. The lowest BCUT2D eigenvalue weighted by Crippen LogP contribution is -2.30. The summed E-state index contributed by atoms with van der Waals surface area (Å²) in [4.78, 5) is 38.3. The highest BCUT2D eigenvalue weighted by molar-refractivity contribution is 5.71. The van der Waals surface area contributed by atoms with Crippen LogP contribution in [0.1, 0.15) is 303 Å². The van der Waals surface area contributed by atoms with Crippen LogP contribution in [0.5, 0.6) is 0 Å². The van der Waals surface area contributed by atoms with Crippen LogP contribution in [0.4, 0.5) is 0 Å². The van der Waals surface area contributed by atoms with Crippen molar-refractivity contribution in [2.24, 2.45) is 0 Å². The first-order valence-corrected chi connectivity index (χ1v) is 31.1. The Morgan fingerprint density at radius 1 is 0.288 bits per heavy atom. The van der Waals surface area contributed by atoms with Crippen molar-refractivity contribution in [1.82, 2.24) is 0 Å². The van der Waals surface area contributed by atoms with E-state index < -0.39 is 6.10 Å². The Balaban J connectivity index is 4.39. The zero-order chi connectivity index (χ0) is 52.9. The van der Waals surface area contributed by atoms with Gasteiger partial charge in [-0.15, -0.1) is 0 Å². The molecule has 0 amide bonds. The molecule has 0 aliphatic heterocycles. The fraction of sp³-hybridized carbons (Fsp3) is 0.746. The standard InChI is InChI=1S/C67H116O6/c1-4-7-10-13-16-19-22-25-27-29-31-32-33-34-36-37-39-42-45-48-51-54-57-60-66(69)72-63-64(62-71-65(68)59-56-53-50-47-44-41-24-21-18-15-12-9-6-3)73-67(70)61-58-55-52-49-46-43-40-38-35-30-28-26-23-20-17-14-11-8-5-2/h7,10,16,19,21,24-25,27,31-32,34,36,39,42,64H,4-6,8-9,11-15,17-18,20,22-23,26,28-30,33,35,37-38,40-41,43-63H2,1-3H3/b10-7-,19-16-,24-21-,27-25-,32-31-,36-34-,42-39-. The Bertz CT molecular complexity index is 1400. The molecule has 6 heteroatoms.